The summed E-state index contributed by atoms with van der Waals surface area (Å²) in [6.07, 6.45) is 0. The Balaban J connectivity index is 1.80. The Morgan fingerprint density at radius 3 is 2.13 bits per heavy atom. The summed E-state index contributed by atoms with van der Waals surface area (Å²) >= 11 is 0. The summed E-state index contributed by atoms with van der Waals surface area (Å²) < 4.78 is 32.5. The van der Waals surface area contributed by atoms with Crippen LogP contribution in [0.3, 0.4) is 0 Å². The number of nitrogen functional groups attached to an aromatic ring is 1. The van der Waals surface area contributed by atoms with Crippen molar-refractivity contribution in [3.8, 4) is 28.8 Å². The van der Waals surface area contributed by atoms with Crippen LogP contribution in [0.1, 0.15) is 16.8 Å². The highest BCUT2D eigenvalue weighted by molar-refractivity contribution is 7.89. The van der Waals surface area contributed by atoms with Crippen LogP contribution >= 0.6 is 0 Å². The summed E-state index contributed by atoms with van der Waals surface area (Å²) in [7, 11) is -4.37. The van der Waals surface area contributed by atoms with Gasteiger partial charge in [-0.05, 0) is 26.0 Å². The summed E-state index contributed by atoms with van der Waals surface area (Å²) in [5.41, 5.74) is 9.29. The Bertz CT molecular complexity index is 1380. The van der Waals surface area contributed by atoms with Gasteiger partial charge in [0.15, 0.2) is 0 Å². The molecule has 0 bridgehead atoms. The molecule has 2 aromatic carbocycles. The molecule has 0 fully saturated rings. The maximum absolute atomic E-state index is 13.2. The smallest absolute Gasteiger partial charge is 0.321 e. The van der Waals surface area contributed by atoms with Crippen LogP contribution in [0.2, 0.25) is 0 Å². The lowest BCUT2D eigenvalue weighted by Gasteiger charge is -2.03. The van der Waals surface area contributed by atoms with E-state index in [2.05, 4.69) is 10.1 Å². The first-order chi connectivity index (χ1) is 14.3. The number of anilines is 1. The lowest BCUT2D eigenvalue weighted by atomic mass is 10.1. The van der Waals surface area contributed by atoms with Crippen molar-refractivity contribution in [2.24, 2.45) is 0 Å². The Labute approximate surface area is 173 Å². The van der Waals surface area contributed by atoms with Crippen LogP contribution in [0.25, 0.3) is 22.7 Å². The van der Waals surface area contributed by atoms with E-state index in [4.69, 9.17) is 10.2 Å². The summed E-state index contributed by atoms with van der Waals surface area (Å²) in [6, 6.07) is 17.8. The number of aryl methyl sites for hydroxylation is 2. The van der Waals surface area contributed by atoms with Crippen LogP contribution in [0, 0.1) is 25.2 Å². The van der Waals surface area contributed by atoms with E-state index in [0.29, 0.717) is 20.9 Å². The number of benzene rings is 2. The second-order valence-corrected chi connectivity index (χ2v) is 8.47. The SMILES string of the molecule is Cc1ccc(-c2cc(N)n(S(=O)(=O)c3oc(-c4ccc(C)cc4)nc3C#N)n2)cc1. The van der Waals surface area contributed by atoms with Gasteiger partial charge >= 0.3 is 10.0 Å². The zero-order valence-electron chi connectivity index (χ0n) is 16.2. The fraction of sp³-hybridized carbons (Fsp3) is 0.0952. The molecule has 0 amide bonds. The van der Waals surface area contributed by atoms with Crippen molar-refractivity contribution in [3.63, 3.8) is 0 Å². The number of nitriles is 1. The highest BCUT2D eigenvalue weighted by atomic mass is 32.2. The monoisotopic (exact) mass is 419 g/mol. The molecule has 2 aromatic heterocycles. The number of aromatic nitrogens is 3. The molecule has 4 aromatic rings. The zero-order chi connectivity index (χ0) is 21.5. The van der Waals surface area contributed by atoms with Gasteiger partial charge in [-0.2, -0.15) is 23.8 Å². The first-order valence-corrected chi connectivity index (χ1v) is 10.4. The van der Waals surface area contributed by atoms with Crippen LogP contribution in [0.4, 0.5) is 5.82 Å². The van der Waals surface area contributed by atoms with Crippen molar-refractivity contribution >= 4 is 15.8 Å². The molecule has 0 aliphatic rings. The number of oxazole rings is 1. The van der Waals surface area contributed by atoms with E-state index < -0.39 is 15.1 Å². The molecule has 150 valence electrons. The minimum atomic E-state index is -4.37. The highest BCUT2D eigenvalue weighted by Crippen LogP contribution is 2.29. The molecule has 0 radical (unpaired) electrons. The average Bonchev–Trinajstić information content (AvgIpc) is 3.34. The molecule has 4 rings (SSSR count). The second kappa shape index (κ2) is 7.17. The van der Waals surface area contributed by atoms with E-state index in [0.717, 1.165) is 11.1 Å². The Hall–Kier alpha value is -3.90. The molecule has 30 heavy (non-hydrogen) atoms. The van der Waals surface area contributed by atoms with Gasteiger partial charge in [-0.3, -0.25) is 0 Å². The Morgan fingerprint density at radius 2 is 1.57 bits per heavy atom. The molecule has 0 saturated carbocycles. The summed E-state index contributed by atoms with van der Waals surface area (Å²) in [5, 5.41) is 12.9. The van der Waals surface area contributed by atoms with Gasteiger partial charge in [0.25, 0.3) is 5.09 Å². The van der Waals surface area contributed by atoms with Gasteiger partial charge in [-0.15, -0.1) is 4.09 Å². The van der Waals surface area contributed by atoms with Crippen LogP contribution in [-0.4, -0.2) is 22.6 Å². The predicted molar refractivity (Wildman–Crippen MR) is 111 cm³/mol. The summed E-state index contributed by atoms with van der Waals surface area (Å²) in [4.78, 5) is 4.04. The van der Waals surface area contributed by atoms with Crippen molar-refractivity contribution in [2.75, 3.05) is 5.73 Å². The Morgan fingerprint density at radius 1 is 1.00 bits per heavy atom. The van der Waals surface area contributed by atoms with Gasteiger partial charge < -0.3 is 10.2 Å². The largest absolute Gasteiger partial charge is 0.421 e. The lowest BCUT2D eigenvalue weighted by Crippen LogP contribution is -2.17. The first kappa shape index (κ1) is 19.4. The van der Waals surface area contributed by atoms with Crippen LogP contribution in [0.5, 0.6) is 0 Å². The van der Waals surface area contributed by atoms with Gasteiger partial charge in [0, 0.05) is 17.2 Å². The van der Waals surface area contributed by atoms with Gasteiger partial charge in [0.2, 0.25) is 11.6 Å². The molecule has 0 unspecified atom stereocenters. The molecule has 0 atom stereocenters. The fourth-order valence-corrected chi connectivity index (χ4v) is 4.09. The van der Waals surface area contributed by atoms with Gasteiger partial charge in [0.05, 0.1) is 5.69 Å². The molecule has 0 spiro atoms. The molecule has 2 heterocycles. The third-order valence-corrected chi connectivity index (χ3v) is 6.01. The van der Waals surface area contributed by atoms with Crippen LogP contribution in [-0.2, 0) is 10.0 Å². The minimum Gasteiger partial charge on any atom is -0.421 e. The number of nitrogens with two attached hydrogens (primary N) is 1. The number of hydrogen-bond acceptors (Lipinski definition) is 7. The highest BCUT2D eigenvalue weighted by Gasteiger charge is 2.31. The third-order valence-electron chi connectivity index (χ3n) is 4.51. The van der Waals surface area contributed by atoms with E-state index in [-0.39, 0.29) is 17.4 Å². The first-order valence-electron chi connectivity index (χ1n) is 8.96. The van der Waals surface area contributed by atoms with Crippen molar-refractivity contribution in [1.82, 2.24) is 14.2 Å². The minimum absolute atomic E-state index is 0.0228. The molecule has 0 aliphatic carbocycles. The lowest BCUT2D eigenvalue weighted by molar-refractivity contribution is 0.452. The van der Waals surface area contributed by atoms with Crippen molar-refractivity contribution in [2.45, 2.75) is 18.9 Å². The zero-order valence-corrected chi connectivity index (χ0v) is 17.0. The van der Waals surface area contributed by atoms with E-state index in [1.807, 2.05) is 50.2 Å². The van der Waals surface area contributed by atoms with E-state index in [1.54, 1.807) is 18.2 Å². The molecule has 8 nitrogen and oxygen atoms in total. The summed E-state index contributed by atoms with van der Waals surface area (Å²) in [6.45, 7) is 3.86. The number of rotatable bonds is 4. The van der Waals surface area contributed by atoms with E-state index >= 15 is 0 Å². The molecule has 0 saturated heterocycles. The standard InChI is InChI=1S/C21H17N5O3S/c1-13-3-7-15(8-4-13)17-11-19(23)26(25-17)30(27,28)21-18(12-22)24-20(29-21)16-9-5-14(2)6-10-16/h3-11H,23H2,1-2H3. The molecular weight excluding hydrogens is 402 g/mol. The maximum atomic E-state index is 13.2. The van der Waals surface area contributed by atoms with Crippen LogP contribution in [0.15, 0.2) is 64.1 Å². The van der Waals surface area contributed by atoms with Crippen molar-refractivity contribution in [3.05, 3.63) is 71.4 Å². The fourth-order valence-electron chi connectivity index (χ4n) is 2.89. The molecular formula is C21H17N5O3S. The Kier molecular flexibility index (Phi) is 4.64. The third kappa shape index (κ3) is 3.33. The van der Waals surface area contributed by atoms with Gasteiger partial charge in [-0.25, -0.2) is 0 Å². The number of nitrogens with zero attached hydrogens (tertiary/aromatic N) is 4. The van der Waals surface area contributed by atoms with Crippen LogP contribution < -0.4 is 5.73 Å². The molecule has 9 heteroatoms. The van der Waals surface area contributed by atoms with E-state index in [1.165, 1.54) is 6.07 Å². The quantitative estimate of drug-likeness (QED) is 0.536. The topological polar surface area (TPSA) is 128 Å². The molecule has 0 aliphatic heterocycles. The van der Waals surface area contributed by atoms with Crippen molar-refractivity contribution in [1.29, 1.82) is 5.26 Å². The van der Waals surface area contributed by atoms with Gasteiger partial charge in [-0.1, -0.05) is 47.5 Å². The summed E-state index contributed by atoms with van der Waals surface area (Å²) in [5.74, 6) is -0.0858. The average molecular weight is 419 g/mol. The van der Waals surface area contributed by atoms with E-state index in [9.17, 15) is 13.7 Å². The van der Waals surface area contributed by atoms with Gasteiger partial charge in [0.1, 0.15) is 11.9 Å². The van der Waals surface area contributed by atoms with Crippen molar-refractivity contribution < 1.29 is 12.8 Å². The molecule has 2 N–H and O–H groups in total. The predicted octanol–water partition coefficient (Wildman–Crippen LogP) is 3.51. The number of hydrogen-bond donors (Lipinski definition) is 1. The maximum Gasteiger partial charge on any atom is 0.321 e. The normalized spacial score (nSPS) is 11.4. The second-order valence-electron chi connectivity index (χ2n) is 6.80.